The third-order valence-corrected chi connectivity index (χ3v) is 2.86. The van der Waals surface area contributed by atoms with Crippen molar-refractivity contribution >= 4 is 5.91 Å². The summed E-state index contributed by atoms with van der Waals surface area (Å²) in [5.41, 5.74) is 4.65. The standard InChI is InChI=1S/C11H23N3O2/c1-8(14-11(2,3)10(12)15)6-9-7-16-5-4-13-9/h8-9,13-14H,4-7H2,1-3H3,(H2,12,15). The maximum absolute atomic E-state index is 11.2. The number of carbonyl (C=O) groups is 1. The van der Waals surface area contributed by atoms with Gasteiger partial charge < -0.3 is 21.1 Å². The van der Waals surface area contributed by atoms with E-state index in [1.165, 1.54) is 0 Å². The first-order chi connectivity index (χ1) is 7.42. The Morgan fingerprint density at radius 1 is 1.69 bits per heavy atom. The van der Waals surface area contributed by atoms with Gasteiger partial charge in [0.1, 0.15) is 0 Å². The molecule has 1 aliphatic rings. The van der Waals surface area contributed by atoms with Crippen LogP contribution in [0, 0.1) is 0 Å². The number of ether oxygens (including phenoxy) is 1. The van der Waals surface area contributed by atoms with Crippen molar-refractivity contribution in [3.63, 3.8) is 0 Å². The lowest BCUT2D eigenvalue weighted by Gasteiger charge is -2.31. The minimum Gasteiger partial charge on any atom is -0.379 e. The molecule has 16 heavy (non-hydrogen) atoms. The van der Waals surface area contributed by atoms with Crippen LogP contribution in [0.2, 0.25) is 0 Å². The van der Waals surface area contributed by atoms with Crippen LogP contribution in [0.5, 0.6) is 0 Å². The third-order valence-electron chi connectivity index (χ3n) is 2.86. The van der Waals surface area contributed by atoms with Gasteiger partial charge in [0.15, 0.2) is 0 Å². The van der Waals surface area contributed by atoms with E-state index in [4.69, 9.17) is 10.5 Å². The number of morpholine rings is 1. The number of carbonyl (C=O) groups excluding carboxylic acids is 1. The van der Waals surface area contributed by atoms with Gasteiger partial charge in [-0.15, -0.1) is 0 Å². The van der Waals surface area contributed by atoms with Crippen LogP contribution in [-0.4, -0.2) is 43.3 Å². The number of amides is 1. The molecule has 4 N–H and O–H groups in total. The van der Waals surface area contributed by atoms with Crippen LogP contribution in [0.4, 0.5) is 0 Å². The second-order valence-corrected chi connectivity index (χ2v) is 5.00. The van der Waals surface area contributed by atoms with Crippen molar-refractivity contribution in [2.75, 3.05) is 19.8 Å². The molecule has 2 atom stereocenters. The third kappa shape index (κ3) is 4.08. The molecule has 0 aromatic carbocycles. The van der Waals surface area contributed by atoms with Gasteiger partial charge in [-0.05, 0) is 27.2 Å². The largest absolute Gasteiger partial charge is 0.379 e. The van der Waals surface area contributed by atoms with Gasteiger partial charge in [-0.25, -0.2) is 0 Å². The second kappa shape index (κ2) is 5.61. The highest BCUT2D eigenvalue weighted by Crippen LogP contribution is 2.08. The van der Waals surface area contributed by atoms with Crippen LogP contribution in [-0.2, 0) is 9.53 Å². The number of hydrogen-bond donors (Lipinski definition) is 3. The van der Waals surface area contributed by atoms with Gasteiger partial charge in [0, 0.05) is 18.6 Å². The Bertz CT molecular complexity index is 237. The second-order valence-electron chi connectivity index (χ2n) is 5.00. The van der Waals surface area contributed by atoms with Gasteiger partial charge in [0.05, 0.1) is 18.8 Å². The van der Waals surface area contributed by atoms with E-state index in [1.807, 2.05) is 0 Å². The highest BCUT2D eigenvalue weighted by Gasteiger charge is 2.27. The topological polar surface area (TPSA) is 76.4 Å². The summed E-state index contributed by atoms with van der Waals surface area (Å²) in [6.07, 6.45) is 0.927. The van der Waals surface area contributed by atoms with Crippen LogP contribution in [0.25, 0.3) is 0 Å². The minimum absolute atomic E-state index is 0.224. The molecule has 94 valence electrons. The lowest BCUT2D eigenvalue weighted by Crippen LogP contribution is -2.55. The monoisotopic (exact) mass is 229 g/mol. The van der Waals surface area contributed by atoms with Crippen LogP contribution in [0.1, 0.15) is 27.2 Å². The SMILES string of the molecule is CC(CC1COCCN1)NC(C)(C)C(N)=O. The van der Waals surface area contributed by atoms with Crippen LogP contribution in [0.15, 0.2) is 0 Å². The Balaban J connectivity index is 2.34. The van der Waals surface area contributed by atoms with Crippen LogP contribution >= 0.6 is 0 Å². The zero-order valence-electron chi connectivity index (χ0n) is 10.4. The van der Waals surface area contributed by atoms with Gasteiger partial charge in [-0.2, -0.15) is 0 Å². The van der Waals surface area contributed by atoms with E-state index >= 15 is 0 Å². The first kappa shape index (κ1) is 13.4. The van der Waals surface area contributed by atoms with Gasteiger partial charge >= 0.3 is 0 Å². The van der Waals surface area contributed by atoms with Crippen molar-refractivity contribution < 1.29 is 9.53 Å². The van der Waals surface area contributed by atoms with Crippen molar-refractivity contribution in [1.29, 1.82) is 0 Å². The maximum atomic E-state index is 11.2. The summed E-state index contributed by atoms with van der Waals surface area (Å²) in [7, 11) is 0. The molecule has 0 spiro atoms. The molecule has 1 saturated heterocycles. The molecule has 0 bridgehead atoms. The van der Waals surface area contributed by atoms with Crippen molar-refractivity contribution in [2.45, 2.75) is 44.8 Å². The first-order valence-electron chi connectivity index (χ1n) is 5.80. The number of hydrogen-bond acceptors (Lipinski definition) is 4. The molecule has 0 aromatic heterocycles. The van der Waals surface area contributed by atoms with E-state index in [1.54, 1.807) is 13.8 Å². The molecule has 0 aliphatic carbocycles. The van der Waals surface area contributed by atoms with Gasteiger partial charge in [0.25, 0.3) is 0 Å². The van der Waals surface area contributed by atoms with E-state index < -0.39 is 5.54 Å². The Morgan fingerprint density at radius 3 is 2.88 bits per heavy atom. The number of rotatable bonds is 5. The summed E-state index contributed by atoms with van der Waals surface area (Å²) in [6.45, 7) is 8.08. The van der Waals surface area contributed by atoms with Gasteiger partial charge in [-0.3, -0.25) is 4.79 Å². The van der Waals surface area contributed by atoms with E-state index in [0.717, 1.165) is 26.2 Å². The molecule has 1 amide bonds. The molecular formula is C11H23N3O2. The fourth-order valence-electron chi connectivity index (χ4n) is 1.94. The fourth-order valence-corrected chi connectivity index (χ4v) is 1.94. The predicted octanol–water partition coefficient (Wildman–Crippen LogP) is -0.393. The molecule has 5 heteroatoms. The van der Waals surface area contributed by atoms with Crippen molar-refractivity contribution in [3.8, 4) is 0 Å². The highest BCUT2D eigenvalue weighted by molar-refractivity contribution is 5.83. The summed E-state index contributed by atoms with van der Waals surface area (Å²) in [6, 6.07) is 0.585. The molecule has 0 saturated carbocycles. The normalized spacial score (nSPS) is 24.1. The van der Waals surface area contributed by atoms with E-state index in [2.05, 4.69) is 17.6 Å². The number of nitrogens with one attached hydrogen (secondary N) is 2. The molecule has 1 rings (SSSR count). The number of primary amides is 1. The number of nitrogens with two attached hydrogens (primary N) is 1. The molecule has 1 heterocycles. The Kier molecular flexibility index (Phi) is 4.70. The van der Waals surface area contributed by atoms with E-state index in [-0.39, 0.29) is 11.9 Å². The Hall–Kier alpha value is -0.650. The average Bonchev–Trinajstić information content (AvgIpc) is 2.17. The minimum atomic E-state index is -0.658. The van der Waals surface area contributed by atoms with Crippen LogP contribution in [0.3, 0.4) is 0 Å². The zero-order valence-corrected chi connectivity index (χ0v) is 10.4. The Labute approximate surface area is 97.1 Å². The quantitative estimate of drug-likeness (QED) is 0.600. The van der Waals surface area contributed by atoms with E-state index in [9.17, 15) is 4.79 Å². The summed E-state index contributed by atoms with van der Waals surface area (Å²) >= 11 is 0. The molecule has 1 fully saturated rings. The van der Waals surface area contributed by atoms with Gasteiger partial charge in [0.2, 0.25) is 5.91 Å². The molecule has 1 aliphatic heterocycles. The Morgan fingerprint density at radius 2 is 2.38 bits per heavy atom. The summed E-state index contributed by atoms with van der Waals surface area (Å²) < 4.78 is 5.38. The maximum Gasteiger partial charge on any atom is 0.237 e. The summed E-state index contributed by atoms with van der Waals surface area (Å²) in [5.74, 6) is -0.327. The lowest BCUT2D eigenvalue weighted by atomic mass is 10.0. The molecular weight excluding hydrogens is 206 g/mol. The van der Waals surface area contributed by atoms with Crippen molar-refractivity contribution in [3.05, 3.63) is 0 Å². The van der Waals surface area contributed by atoms with Gasteiger partial charge in [-0.1, -0.05) is 0 Å². The predicted molar refractivity (Wildman–Crippen MR) is 63.1 cm³/mol. The molecule has 2 unspecified atom stereocenters. The molecule has 0 radical (unpaired) electrons. The van der Waals surface area contributed by atoms with Crippen molar-refractivity contribution in [1.82, 2.24) is 10.6 Å². The van der Waals surface area contributed by atoms with Crippen molar-refractivity contribution in [2.24, 2.45) is 5.73 Å². The average molecular weight is 229 g/mol. The summed E-state index contributed by atoms with van der Waals surface area (Å²) in [5, 5.41) is 6.62. The fraction of sp³-hybridized carbons (Fsp3) is 0.909. The lowest BCUT2D eigenvalue weighted by molar-refractivity contribution is -0.123. The molecule has 5 nitrogen and oxygen atoms in total. The van der Waals surface area contributed by atoms with Crippen LogP contribution < -0.4 is 16.4 Å². The molecule has 0 aromatic rings. The first-order valence-corrected chi connectivity index (χ1v) is 5.80. The zero-order chi connectivity index (χ0) is 12.2. The highest BCUT2D eigenvalue weighted by atomic mass is 16.5. The summed E-state index contributed by atoms with van der Waals surface area (Å²) in [4.78, 5) is 11.2. The smallest absolute Gasteiger partial charge is 0.237 e. The van der Waals surface area contributed by atoms with E-state index in [0.29, 0.717) is 6.04 Å².